The first-order valence-corrected chi connectivity index (χ1v) is 9.03. The molecule has 1 aliphatic rings. The van der Waals surface area contributed by atoms with Crippen molar-refractivity contribution in [2.45, 2.75) is 50.7 Å². The molecule has 1 saturated heterocycles. The fourth-order valence-electron chi connectivity index (χ4n) is 3.05. The van der Waals surface area contributed by atoms with Crippen molar-refractivity contribution in [2.24, 2.45) is 0 Å². The molecule has 8 heteroatoms. The van der Waals surface area contributed by atoms with Crippen molar-refractivity contribution in [2.75, 3.05) is 13.1 Å². The van der Waals surface area contributed by atoms with Gasteiger partial charge in [-0.05, 0) is 56.4 Å². The number of alkyl halides is 3. The highest BCUT2D eigenvalue weighted by atomic mass is 19.4. The van der Waals surface area contributed by atoms with Crippen LogP contribution >= 0.6 is 0 Å². The van der Waals surface area contributed by atoms with E-state index in [0.29, 0.717) is 25.9 Å². The average molecular weight is 384 g/mol. The van der Waals surface area contributed by atoms with E-state index < -0.39 is 23.7 Å². The van der Waals surface area contributed by atoms with Gasteiger partial charge in [-0.2, -0.15) is 13.2 Å². The first kappa shape index (κ1) is 20.9. The molecule has 2 rings (SSSR count). The zero-order chi connectivity index (χ0) is 19.9. The summed E-state index contributed by atoms with van der Waals surface area (Å²) < 4.78 is 37.9. The van der Waals surface area contributed by atoms with E-state index in [1.165, 1.54) is 0 Å². The Bertz CT molecular complexity index is 653. The summed E-state index contributed by atoms with van der Waals surface area (Å²) in [5, 5.41) is 2.62. The van der Waals surface area contributed by atoms with Gasteiger partial charge in [-0.15, -0.1) is 0 Å². The van der Waals surface area contributed by atoms with Crippen LogP contribution in [0.2, 0.25) is 0 Å². The summed E-state index contributed by atoms with van der Waals surface area (Å²) in [5.74, 6) is -0.814. The molecule has 1 N–H and O–H groups in total. The Morgan fingerprint density at radius 1 is 1.11 bits per heavy atom. The van der Waals surface area contributed by atoms with Gasteiger partial charge in [0.05, 0.1) is 5.56 Å². The van der Waals surface area contributed by atoms with Gasteiger partial charge >= 0.3 is 6.18 Å². The van der Waals surface area contributed by atoms with Crippen LogP contribution in [0.5, 0.6) is 0 Å². The van der Waals surface area contributed by atoms with Gasteiger partial charge in [-0.3, -0.25) is 9.59 Å². The predicted octanol–water partition coefficient (Wildman–Crippen LogP) is 3.19. The second kappa shape index (κ2) is 9.53. The molecule has 1 fully saturated rings. The molecule has 5 nitrogen and oxygen atoms in total. The fraction of sp³-hybridized carbons (Fsp3) is 0.526. The van der Waals surface area contributed by atoms with Gasteiger partial charge in [-0.1, -0.05) is 0 Å². The zero-order valence-corrected chi connectivity index (χ0v) is 14.9. The van der Waals surface area contributed by atoms with Gasteiger partial charge in [-0.25, -0.2) is 0 Å². The third kappa shape index (κ3) is 6.08. The van der Waals surface area contributed by atoms with Gasteiger partial charge in [0.15, 0.2) is 0 Å². The van der Waals surface area contributed by atoms with E-state index in [4.69, 9.17) is 0 Å². The van der Waals surface area contributed by atoms with Crippen molar-refractivity contribution in [1.82, 2.24) is 10.2 Å². The second-order valence-electron chi connectivity index (χ2n) is 6.58. The van der Waals surface area contributed by atoms with Crippen LogP contribution in [0.3, 0.4) is 0 Å². The van der Waals surface area contributed by atoms with Crippen molar-refractivity contribution >= 4 is 18.1 Å². The van der Waals surface area contributed by atoms with Crippen LogP contribution in [-0.2, 0) is 15.8 Å². The van der Waals surface area contributed by atoms with Crippen LogP contribution in [0.25, 0.3) is 0 Å². The lowest BCUT2D eigenvalue weighted by molar-refractivity contribution is -0.137. The first-order valence-electron chi connectivity index (χ1n) is 9.03. The van der Waals surface area contributed by atoms with Crippen molar-refractivity contribution in [1.29, 1.82) is 0 Å². The molecule has 0 saturated carbocycles. The summed E-state index contributed by atoms with van der Waals surface area (Å²) in [5.41, 5.74) is -0.791. The van der Waals surface area contributed by atoms with E-state index in [2.05, 4.69) is 5.32 Å². The van der Waals surface area contributed by atoms with Crippen LogP contribution in [-0.4, -0.2) is 42.1 Å². The van der Waals surface area contributed by atoms with E-state index in [1.54, 1.807) is 4.90 Å². The number of nitrogens with one attached hydrogen (secondary N) is 1. The van der Waals surface area contributed by atoms with Crippen molar-refractivity contribution in [3.63, 3.8) is 0 Å². The number of likely N-dealkylation sites (tertiary alicyclic amines) is 1. The minimum absolute atomic E-state index is 0.0508. The molecule has 1 heterocycles. The molecule has 0 aromatic heterocycles. The maximum atomic E-state index is 12.7. The van der Waals surface area contributed by atoms with Crippen LogP contribution in [0.1, 0.15) is 54.4 Å². The Balaban J connectivity index is 2.07. The first-order chi connectivity index (χ1) is 12.8. The minimum Gasteiger partial charge on any atom is -0.341 e. The summed E-state index contributed by atoms with van der Waals surface area (Å²) >= 11 is 0. The number of amides is 2. The molecule has 0 bridgehead atoms. The smallest absolute Gasteiger partial charge is 0.341 e. The number of hydrogen-bond donors (Lipinski definition) is 1. The molecular formula is C19H23F3N2O3. The van der Waals surface area contributed by atoms with Gasteiger partial charge in [0, 0.05) is 25.1 Å². The Labute approximate surface area is 155 Å². The number of halogens is 3. The molecule has 0 unspecified atom stereocenters. The standard InChI is InChI=1S/C19H23F3N2O3/c20-19(21,22)15-9-7-14(8-10-15)17(26)23-16(6-2-5-13-25)18(27)24-11-3-1-4-12-24/h7-10,13,16H,1-6,11-12H2,(H,23,26)/t16-/m0/s1. The van der Waals surface area contributed by atoms with Crippen molar-refractivity contribution in [3.05, 3.63) is 35.4 Å². The maximum absolute atomic E-state index is 12.7. The van der Waals surface area contributed by atoms with Crippen molar-refractivity contribution < 1.29 is 27.6 Å². The molecule has 1 aliphatic heterocycles. The lowest BCUT2D eigenvalue weighted by Crippen LogP contribution is -2.50. The minimum atomic E-state index is -4.48. The summed E-state index contributed by atoms with van der Waals surface area (Å²) in [6.07, 6.45) is 0.162. The Morgan fingerprint density at radius 3 is 2.30 bits per heavy atom. The molecular weight excluding hydrogens is 361 g/mol. The van der Waals surface area contributed by atoms with E-state index in [0.717, 1.165) is 49.8 Å². The number of rotatable bonds is 7. The molecule has 2 amide bonds. The Morgan fingerprint density at radius 2 is 1.74 bits per heavy atom. The monoisotopic (exact) mass is 384 g/mol. The Kier molecular flexibility index (Phi) is 7.38. The highest BCUT2D eigenvalue weighted by Gasteiger charge is 2.31. The number of nitrogens with zero attached hydrogens (tertiary/aromatic N) is 1. The summed E-state index contributed by atoms with van der Waals surface area (Å²) in [6.45, 7) is 1.25. The lowest BCUT2D eigenvalue weighted by Gasteiger charge is -2.30. The van der Waals surface area contributed by atoms with Crippen LogP contribution in [0.15, 0.2) is 24.3 Å². The molecule has 1 aromatic carbocycles. The molecule has 1 atom stereocenters. The van der Waals surface area contributed by atoms with E-state index >= 15 is 0 Å². The van der Waals surface area contributed by atoms with Crippen LogP contribution < -0.4 is 5.32 Å². The van der Waals surface area contributed by atoms with E-state index in [9.17, 15) is 27.6 Å². The topological polar surface area (TPSA) is 66.5 Å². The molecule has 27 heavy (non-hydrogen) atoms. The predicted molar refractivity (Wildman–Crippen MR) is 93.0 cm³/mol. The highest BCUT2D eigenvalue weighted by molar-refractivity contribution is 5.97. The molecule has 0 spiro atoms. The highest BCUT2D eigenvalue weighted by Crippen LogP contribution is 2.29. The number of hydrogen-bond acceptors (Lipinski definition) is 3. The van der Waals surface area contributed by atoms with Gasteiger partial charge in [0.2, 0.25) is 5.91 Å². The lowest BCUT2D eigenvalue weighted by atomic mass is 10.0. The number of aldehydes is 1. The normalized spacial score (nSPS) is 15.9. The van der Waals surface area contributed by atoms with Gasteiger partial charge in [0.1, 0.15) is 12.3 Å². The van der Waals surface area contributed by atoms with Crippen LogP contribution in [0, 0.1) is 0 Å². The summed E-state index contributed by atoms with van der Waals surface area (Å²) in [4.78, 5) is 37.4. The number of carbonyl (C=O) groups is 3. The molecule has 0 aliphatic carbocycles. The third-order valence-corrected chi connectivity index (χ3v) is 4.56. The molecule has 1 aromatic rings. The molecule has 0 radical (unpaired) electrons. The van der Waals surface area contributed by atoms with Crippen molar-refractivity contribution in [3.8, 4) is 0 Å². The summed E-state index contributed by atoms with van der Waals surface area (Å²) in [6, 6.07) is 3.06. The SMILES string of the molecule is O=CCCC[C@H](NC(=O)c1ccc(C(F)(F)F)cc1)C(=O)N1CCCCC1. The number of benzene rings is 1. The maximum Gasteiger partial charge on any atom is 0.416 e. The van der Waals surface area contributed by atoms with E-state index in [-0.39, 0.29) is 17.9 Å². The van der Waals surface area contributed by atoms with Gasteiger partial charge in [0.25, 0.3) is 5.91 Å². The van der Waals surface area contributed by atoms with Gasteiger partial charge < -0.3 is 15.0 Å². The average Bonchev–Trinajstić information content (AvgIpc) is 2.67. The number of unbranched alkanes of at least 4 members (excludes halogenated alkanes) is 1. The van der Waals surface area contributed by atoms with Crippen LogP contribution in [0.4, 0.5) is 13.2 Å². The Hall–Kier alpha value is -2.38. The summed E-state index contributed by atoms with van der Waals surface area (Å²) in [7, 11) is 0. The fourth-order valence-corrected chi connectivity index (χ4v) is 3.05. The quantitative estimate of drug-likeness (QED) is 0.580. The van der Waals surface area contributed by atoms with E-state index in [1.807, 2.05) is 0 Å². The third-order valence-electron chi connectivity index (χ3n) is 4.56. The largest absolute Gasteiger partial charge is 0.416 e. The zero-order valence-electron chi connectivity index (χ0n) is 14.9. The second-order valence-corrected chi connectivity index (χ2v) is 6.58. The number of carbonyl (C=O) groups excluding carboxylic acids is 3. The molecule has 148 valence electrons. The number of piperidine rings is 1.